The third-order valence-electron chi connectivity index (χ3n) is 2.47. The molecule has 2 heterocycles. The van der Waals surface area contributed by atoms with Crippen molar-refractivity contribution in [3.8, 4) is 10.6 Å². The van der Waals surface area contributed by atoms with Crippen molar-refractivity contribution in [1.82, 2.24) is 10.2 Å². The van der Waals surface area contributed by atoms with E-state index < -0.39 is 12.0 Å². The van der Waals surface area contributed by atoms with E-state index in [1.165, 1.54) is 0 Å². The maximum atomic E-state index is 10.9. The summed E-state index contributed by atoms with van der Waals surface area (Å²) in [7, 11) is 0. The fourth-order valence-electron chi connectivity index (χ4n) is 1.48. The molecule has 0 radical (unpaired) electrons. The topological polar surface area (TPSA) is 75.1 Å². The number of rotatable bonds is 5. The maximum Gasteiger partial charge on any atom is 0.326 e. The second-order valence-electron chi connectivity index (χ2n) is 3.72. The molecule has 1 atom stereocenters. The Labute approximate surface area is 109 Å². The molecule has 2 rings (SSSR count). The fraction of sp³-hybridized carbons (Fsp3) is 0.250. The van der Waals surface area contributed by atoms with Crippen molar-refractivity contribution < 1.29 is 9.90 Å². The fourth-order valence-corrected chi connectivity index (χ4v) is 2.17. The first-order chi connectivity index (χ1) is 8.70. The van der Waals surface area contributed by atoms with E-state index in [2.05, 4.69) is 15.5 Å². The maximum absolute atomic E-state index is 10.9. The van der Waals surface area contributed by atoms with Crippen LogP contribution in [-0.2, 0) is 4.79 Å². The van der Waals surface area contributed by atoms with Gasteiger partial charge in [-0.25, -0.2) is 4.79 Å². The van der Waals surface area contributed by atoms with Gasteiger partial charge in [0.2, 0.25) is 0 Å². The minimum absolute atomic E-state index is 0.476. The lowest BCUT2D eigenvalue weighted by molar-refractivity contribution is -0.137. The number of hydrogen-bond donors (Lipinski definition) is 2. The molecular formula is C12H13N3O2S. The normalized spacial score (nSPS) is 12.1. The van der Waals surface area contributed by atoms with Crippen molar-refractivity contribution in [2.75, 3.05) is 5.32 Å². The molecule has 94 valence electrons. The Morgan fingerprint density at radius 2 is 2.28 bits per heavy atom. The summed E-state index contributed by atoms with van der Waals surface area (Å²) in [5.74, 6) is -0.411. The molecule has 2 N–H and O–H groups in total. The zero-order valence-electron chi connectivity index (χ0n) is 9.83. The summed E-state index contributed by atoms with van der Waals surface area (Å²) in [5.41, 5.74) is 0.791. The van der Waals surface area contributed by atoms with Crippen molar-refractivity contribution >= 4 is 23.1 Å². The number of carboxylic acids is 1. The van der Waals surface area contributed by atoms with Gasteiger partial charge >= 0.3 is 5.97 Å². The predicted octanol–water partition coefficient (Wildman–Crippen LogP) is 2.48. The van der Waals surface area contributed by atoms with Gasteiger partial charge in [0, 0.05) is 0 Å². The number of anilines is 1. The van der Waals surface area contributed by atoms with Gasteiger partial charge in [0.15, 0.2) is 0 Å². The van der Waals surface area contributed by atoms with Gasteiger partial charge in [-0.05, 0) is 30.0 Å². The second-order valence-corrected chi connectivity index (χ2v) is 4.67. The van der Waals surface area contributed by atoms with E-state index in [9.17, 15) is 4.79 Å². The Morgan fingerprint density at radius 3 is 2.78 bits per heavy atom. The van der Waals surface area contributed by atoms with E-state index in [0.717, 1.165) is 10.6 Å². The lowest BCUT2D eigenvalue weighted by atomic mass is 10.2. The van der Waals surface area contributed by atoms with Crippen LogP contribution < -0.4 is 5.32 Å². The average molecular weight is 263 g/mol. The summed E-state index contributed by atoms with van der Waals surface area (Å²) in [6.07, 6.45) is 0.490. The zero-order valence-corrected chi connectivity index (χ0v) is 10.6. The van der Waals surface area contributed by atoms with E-state index in [1.54, 1.807) is 24.3 Å². The Balaban J connectivity index is 2.10. The van der Waals surface area contributed by atoms with Crippen molar-refractivity contribution in [3.63, 3.8) is 0 Å². The van der Waals surface area contributed by atoms with E-state index in [-0.39, 0.29) is 0 Å². The van der Waals surface area contributed by atoms with Gasteiger partial charge in [0.1, 0.15) is 17.6 Å². The van der Waals surface area contributed by atoms with Gasteiger partial charge < -0.3 is 10.4 Å². The van der Waals surface area contributed by atoms with E-state index in [0.29, 0.717) is 12.2 Å². The molecule has 2 aromatic heterocycles. The summed E-state index contributed by atoms with van der Waals surface area (Å²) in [5, 5.41) is 21.8. The van der Waals surface area contributed by atoms with Crippen LogP contribution in [0.5, 0.6) is 0 Å². The van der Waals surface area contributed by atoms with Crippen LogP contribution in [-0.4, -0.2) is 27.3 Å². The van der Waals surface area contributed by atoms with E-state index in [1.807, 2.05) is 23.6 Å². The minimum Gasteiger partial charge on any atom is -0.480 e. The van der Waals surface area contributed by atoms with Crippen LogP contribution in [0.1, 0.15) is 13.3 Å². The summed E-state index contributed by atoms with van der Waals surface area (Å²) in [6.45, 7) is 1.80. The van der Waals surface area contributed by atoms with Crippen molar-refractivity contribution in [2.45, 2.75) is 19.4 Å². The number of aromatic nitrogens is 2. The average Bonchev–Trinajstić information content (AvgIpc) is 2.90. The molecule has 18 heavy (non-hydrogen) atoms. The smallest absolute Gasteiger partial charge is 0.326 e. The summed E-state index contributed by atoms with van der Waals surface area (Å²) < 4.78 is 0. The third-order valence-corrected chi connectivity index (χ3v) is 3.36. The molecule has 0 aliphatic carbocycles. The van der Waals surface area contributed by atoms with Gasteiger partial charge in [-0.15, -0.1) is 21.5 Å². The quantitative estimate of drug-likeness (QED) is 0.866. The highest BCUT2D eigenvalue weighted by molar-refractivity contribution is 7.13. The molecule has 0 fully saturated rings. The van der Waals surface area contributed by atoms with Crippen molar-refractivity contribution in [3.05, 3.63) is 29.6 Å². The first-order valence-electron chi connectivity index (χ1n) is 5.57. The number of aliphatic carboxylic acids is 1. The number of hydrogen-bond acceptors (Lipinski definition) is 5. The molecule has 6 heteroatoms. The Bertz CT molecular complexity index is 511. The molecular weight excluding hydrogens is 250 g/mol. The SMILES string of the molecule is CCC(Nc1ccc(-c2cccs2)nn1)C(=O)O. The van der Waals surface area contributed by atoms with Gasteiger partial charge in [0.25, 0.3) is 0 Å². The van der Waals surface area contributed by atoms with Gasteiger partial charge in [-0.2, -0.15) is 0 Å². The molecule has 0 aliphatic heterocycles. The van der Waals surface area contributed by atoms with Crippen LogP contribution in [0.4, 0.5) is 5.82 Å². The van der Waals surface area contributed by atoms with Crippen LogP contribution in [0, 0.1) is 0 Å². The van der Waals surface area contributed by atoms with Crippen molar-refractivity contribution in [1.29, 1.82) is 0 Å². The highest BCUT2D eigenvalue weighted by Gasteiger charge is 2.15. The summed E-state index contributed by atoms with van der Waals surface area (Å²) in [6, 6.07) is 6.86. The first-order valence-corrected chi connectivity index (χ1v) is 6.45. The molecule has 0 saturated carbocycles. The zero-order chi connectivity index (χ0) is 13.0. The highest BCUT2D eigenvalue weighted by atomic mass is 32.1. The first kappa shape index (κ1) is 12.5. The van der Waals surface area contributed by atoms with Crippen LogP contribution >= 0.6 is 11.3 Å². The summed E-state index contributed by atoms with van der Waals surface area (Å²) >= 11 is 1.59. The van der Waals surface area contributed by atoms with Crippen LogP contribution in [0.25, 0.3) is 10.6 Å². The largest absolute Gasteiger partial charge is 0.480 e. The molecule has 5 nitrogen and oxygen atoms in total. The number of carbonyl (C=O) groups is 1. The molecule has 2 aromatic rings. The van der Waals surface area contributed by atoms with Gasteiger partial charge in [-0.3, -0.25) is 0 Å². The Kier molecular flexibility index (Phi) is 3.88. The molecule has 0 aliphatic rings. The second kappa shape index (κ2) is 5.59. The Hall–Kier alpha value is -1.95. The standard InChI is InChI=1S/C12H13N3O2S/c1-2-8(12(16)17)13-11-6-5-9(14-15-11)10-4-3-7-18-10/h3-8H,2H2,1H3,(H,13,15)(H,16,17). The van der Waals surface area contributed by atoms with Gasteiger partial charge in [-0.1, -0.05) is 13.0 Å². The summed E-state index contributed by atoms with van der Waals surface area (Å²) in [4.78, 5) is 11.9. The van der Waals surface area contributed by atoms with Crippen LogP contribution in [0.2, 0.25) is 0 Å². The lowest BCUT2D eigenvalue weighted by Crippen LogP contribution is -2.28. The van der Waals surface area contributed by atoms with E-state index in [4.69, 9.17) is 5.11 Å². The monoisotopic (exact) mass is 263 g/mol. The lowest BCUT2D eigenvalue weighted by Gasteiger charge is -2.12. The Morgan fingerprint density at radius 1 is 1.44 bits per heavy atom. The molecule has 0 aromatic carbocycles. The molecule has 0 saturated heterocycles. The number of thiophene rings is 1. The highest BCUT2D eigenvalue weighted by Crippen LogP contribution is 2.22. The molecule has 0 amide bonds. The van der Waals surface area contributed by atoms with Crippen LogP contribution in [0.3, 0.4) is 0 Å². The van der Waals surface area contributed by atoms with E-state index >= 15 is 0 Å². The molecule has 0 bridgehead atoms. The number of carboxylic acid groups (broad SMARTS) is 1. The van der Waals surface area contributed by atoms with Crippen molar-refractivity contribution in [2.24, 2.45) is 0 Å². The van der Waals surface area contributed by atoms with Crippen LogP contribution in [0.15, 0.2) is 29.6 Å². The predicted molar refractivity (Wildman–Crippen MR) is 70.7 cm³/mol. The number of nitrogens with zero attached hydrogens (tertiary/aromatic N) is 2. The molecule has 1 unspecified atom stereocenters. The number of nitrogens with one attached hydrogen (secondary N) is 1. The third kappa shape index (κ3) is 2.84. The molecule has 0 spiro atoms. The van der Waals surface area contributed by atoms with Gasteiger partial charge in [0.05, 0.1) is 4.88 Å². The minimum atomic E-state index is -0.887.